The first-order chi connectivity index (χ1) is 18.2. The van der Waals surface area contributed by atoms with Gasteiger partial charge in [0.1, 0.15) is 0 Å². The van der Waals surface area contributed by atoms with Gasteiger partial charge in [-0.3, -0.25) is 9.69 Å². The molecule has 0 aromatic carbocycles. The van der Waals surface area contributed by atoms with Crippen LogP contribution in [0.2, 0.25) is 0 Å². The second kappa shape index (κ2) is 25.7. The Balaban J connectivity index is -0.000000155. The van der Waals surface area contributed by atoms with Crippen molar-refractivity contribution >= 4 is 29.8 Å². The lowest BCUT2D eigenvalue weighted by atomic mass is 9.92. The van der Waals surface area contributed by atoms with Crippen molar-refractivity contribution in [3.63, 3.8) is 0 Å². The summed E-state index contributed by atoms with van der Waals surface area (Å²) in [7, 11) is 0. The maximum Gasteiger partial charge on any atom is 0.335 e. The highest BCUT2D eigenvalue weighted by molar-refractivity contribution is 5.83. The molecule has 42 heavy (non-hydrogen) atoms. The minimum absolute atomic E-state index is 0. The number of hydrogen-bond acceptors (Lipinski definition) is 12. The molecule has 0 aromatic heterocycles. The minimum atomic E-state index is -2.27. The Hall–Kier alpha value is -3.01. The number of carboxylic acids is 5. The normalized spacial score (nSPS) is 20.4. The average Bonchev–Trinajstić information content (AvgIpc) is 2.85. The van der Waals surface area contributed by atoms with Crippen molar-refractivity contribution in [2.75, 3.05) is 32.7 Å². The molecule has 0 radical (unpaired) electrons. The van der Waals surface area contributed by atoms with E-state index in [0.717, 1.165) is 46.1 Å². The van der Waals surface area contributed by atoms with Crippen LogP contribution in [0.1, 0.15) is 41.0 Å². The van der Waals surface area contributed by atoms with Crippen molar-refractivity contribution in [3.05, 3.63) is 0 Å². The van der Waals surface area contributed by atoms with Gasteiger partial charge in [-0.2, -0.15) is 0 Å². The number of aliphatic hydroxyl groups is 5. The third-order valence-corrected chi connectivity index (χ3v) is 5.59. The lowest BCUT2D eigenvalue weighted by Gasteiger charge is -2.40. The molecule has 0 aromatic rings. The van der Waals surface area contributed by atoms with Crippen molar-refractivity contribution in [1.82, 2.24) is 9.80 Å². The molecule has 7 unspecified atom stereocenters. The molecule has 0 saturated carbocycles. The van der Waals surface area contributed by atoms with Crippen LogP contribution >= 0.6 is 0 Å². The van der Waals surface area contributed by atoms with Gasteiger partial charge in [-0.05, 0) is 32.4 Å². The zero-order chi connectivity index (χ0) is 32.3. The van der Waals surface area contributed by atoms with Crippen molar-refractivity contribution in [3.8, 4) is 0 Å². The molecular weight excluding hydrogens is 576 g/mol. The molecule has 0 bridgehead atoms. The average molecular weight is 625 g/mol. The maximum absolute atomic E-state index is 9.80. The lowest BCUT2D eigenvalue weighted by Crippen LogP contribution is -2.49. The van der Waals surface area contributed by atoms with Crippen LogP contribution in [0.3, 0.4) is 0 Å². The van der Waals surface area contributed by atoms with Crippen molar-refractivity contribution in [2.24, 2.45) is 5.92 Å². The number of nitrogens with zero attached hydrogens (tertiary/aromatic N) is 2. The molecule has 0 aliphatic carbocycles. The predicted molar refractivity (Wildman–Crippen MR) is 144 cm³/mol. The van der Waals surface area contributed by atoms with E-state index in [1.807, 2.05) is 0 Å². The van der Waals surface area contributed by atoms with E-state index < -0.39 is 54.3 Å². The van der Waals surface area contributed by atoms with Gasteiger partial charge < -0.3 is 66.9 Å². The highest BCUT2D eigenvalue weighted by Gasteiger charge is 2.30. The van der Waals surface area contributed by atoms with Crippen LogP contribution in [0.5, 0.6) is 0 Å². The topological polar surface area (TPSA) is 357 Å². The number of aliphatic hydroxyl groups excluding tert-OH is 5. The van der Waals surface area contributed by atoms with E-state index in [0.29, 0.717) is 12.0 Å². The summed E-state index contributed by atoms with van der Waals surface area (Å²) in [5.74, 6) is -7.48. The molecule has 1 aliphatic rings. The van der Waals surface area contributed by atoms with Gasteiger partial charge in [0.05, 0.1) is 6.10 Å². The van der Waals surface area contributed by atoms with Crippen LogP contribution in [0, 0.1) is 5.92 Å². The number of likely N-dealkylation sites (N-methyl/N-ethyl adjacent to an activating group) is 1. The summed E-state index contributed by atoms with van der Waals surface area (Å²) in [5.41, 5.74) is 0. The summed E-state index contributed by atoms with van der Waals surface area (Å²) >= 11 is 0. The SMILES string of the molecule is CC(=O)O.CCN(CC)CCN1CC(C)C(O)CC1C.O.O.O=C(O)C(O)C(O)C(=O)O.O=C(O)C(O)C(O)C(=O)O. The van der Waals surface area contributed by atoms with Gasteiger partial charge >= 0.3 is 23.9 Å². The molecule has 1 rings (SSSR count). The van der Waals surface area contributed by atoms with Gasteiger partial charge in [0.25, 0.3) is 5.97 Å². The maximum atomic E-state index is 9.80. The summed E-state index contributed by atoms with van der Waals surface area (Å²) in [5, 5.41) is 82.3. The molecule has 0 amide bonds. The summed E-state index contributed by atoms with van der Waals surface area (Å²) in [6.45, 7) is 15.5. The molecule has 7 atom stereocenters. The number of piperidine rings is 1. The molecule has 1 fully saturated rings. The smallest absolute Gasteiger partial charge is 0.335 e. The molecule has 19 heteroatoms. The van der Waals surface area contributed by atoms with Crippen LogP contribution in [0.15, 0.2) is 0 Å². The number of aliphatic carboxylic acids is 5. The van der Waals surface area contributed by atoms with Crippen LogP contribution in [0.25, 0.3) is 0 Å². The second-order valence-electron chi connectivity index (χ2n) is 8.80. The summed E-state index contributed by atoms with van der Waals surface area (Å²) < 4.78 is 0. The fraction of sp³-hybridized carbons (Fsp3) is 0.783. The number of carboxylic acid groups (broad SMARTS) is 5. The Bertz CT molecular complexity index is 704. The minimum Gasteiger partial charge on any atom is -0.481 e. The molecule has 1 saturated heterocycles. The first-order valence-corrected chi connectivity index (χ1v) is 12.2. The Morgan fingerprint density at radius 3 is 1.26 bits per heavy atom. The zero-order valence-corrected chi connectivity index (χ0v) is 24.2. The molecule has 0 spiro atoms. The van der Waals surface area contributed by atoms with Gasteiger partial charge in [-0.1, -0.05) is 20.8 Å². The highest BCUT2D eigenvalue weighted by Crippen LogP contribution is 2.21. The molecule has 1 aliphatic heterocycles. The quantitative estimate of drug-likeness (QED) is 0.104. The monoisotopic (exact) mass is 624 g/mol. The number of likely N-dealkylation sites (tertiary alicyclic amines) is 1. The molecule has 14 N–H and O–H groups in total. The lowest BCUT2D eigenvalue weighted by molar-refractivity contribution is -0.165. The van der Waals surface area contributed by atoms with E-state index in [4.69, 9.17) is 50.8 Å². The van der Waals surface area contributed by atoms with Gasteiger partial charge in [-0.15, -0.1) is 0 Å². The molecule has 19 nitrogen and oxygen atoms in total. The van der Waals surface area contributed by atoms with Crippen molar-refractivity contribution < 1.29 is 86.0 Å². The van der Waals surface area contributed by atoms with Crippen LogP contribution in [-0.4, -0.2) is 171 Å². The zero-order valence-electron chi connectivity index (χ0n) is 24.2. The number of hydrogen-bond donors (Lipinski definition) is 10. The molecule has 252 valence electrons. The fourth-order valence-corrected chi connectivity index (χ4v) is 3.06. The van der Waals surface area contributed by atoms with Gasteiger partial charge in [0, 0.05) is 32.6 Å². The third kappa shape index (κ3) is 22.7. The van der Waals surface area contributed by atoms with E-state index in [2.05, 4.69) is 37.5 Å². The van der Waals surface area contributed by atoms with Crippen LogP contribution in [-0.2, 0) is 24.0 Å². The van der Waals surface area contributed by atoms with E-state index in [9.17, 15) is 24.3 Å². The number of carbonyl (C=O) groups is 5. The van der Waals surface area contributed by atoms with Crippen molar-refractivity contribution in [2.45, 2.75) is 77.6 Å². The Morgan fingerprint density at radius 1 is 0.738 bits per heavy atom. The Labute approximate surface area is 242 Å². The van der Waals surface area contributed by atoms with E-state index in [-0.39, 0.29) is 17.1 Å². The Morgan fingerprint density at radius 2 is 1.02 bits per heavy atom. The fourth-order valence-electron chi connectivity index (χ4n) is 3.06. The first-order valence-electron chi connectivity index (χ1n) is 12.2. The van der Waals surface area contributed by atoms with E-state index >= 15 is 0 Å². The summed E-state index contributed by atoms with van der Waals surface area (Å²) in [4.78, 5) is 53.1. The van der Waals surface area contributed by atoms with Gasteiger partial charge in [0.2, 0.25) is 0 Å². The third-order valence-electron chi connectivity index (χ3n) is 5.59. The Kier molecular flexibility index (Phi) is 29.8. The summed E-state index contributed by atoms with van der Waals surface area (Å²) in [6, 6.07) is 0.529. The van der Waals surface area contributed by atoms with Crippen LogP contribution in [0.4, 0.5) is 0 Å². The van der Waals surface area contributed by atoms with Gasteiger partial charge in [-0.25, -0.2) is 19.2 Å². The largest absolute Gasteiger partial charge is 0.481 e. The number of rotatable bonds is 11. The van der Waals surface area contributed by atoms with Gasteiger partial charge in [0.15, 0.2) is 24.4 Å². The van der Waals surface area contributed by atoms with E-state index in [1.165, 1.54) is 0 Å². The van der Waals surface area contributed by atoms with Crippen molar-refractivity contribution in [1.29, 1.82) is 0 Å². The second-order valence-corrected chi connectivity index (χ2v) is 8.80. The molecule has 1 heterocycles. The first kappa shape index (κ1) is 48.7. The standard InChI is InChI=1S/C13H28N2O.2C4H6O6.C2H4O2.2H2O/c1-5-14(6-2)7-8-15-10-11(3)13(16)9-12(15)4;2*5-1(3(7)8)2(6)4(9)10;1-2(3)4;;/h11-13,16H,5-10H2,1-4H3;2*1-2,5-6H,(H,7,8)(H,9,10);1H3,(H,3,4);2*1H2. The summed E-state index contributed by atoms with van der Waals surface area (Å²) in [6.07, 6.45) is -8.23. The van der Waals surface area contributed by atoms with E-state index in [1.54, 1.807) is 0 Å². The van der Waals surface area contributed by atoms with Crippen LogP contribution < -0.4 is 0 Å². The predicted octanol–water partition coefficient (Wildman–Crippen LogP) is -4.38. The molecular formula is C23H48N2O17. The highest BCUT2D eigenvalue weighted by atomic mass is 16.4.